The molecule has 7 nitrogen and oxygen atoms in total. The Morgan fingerprint density at radius 2 is 2.21 bits per heavy atom. The number of nitrogens with one attached hydrogen (secondary N) is 1. The highest BCUT2D eigenvalue weighted by molar-refractivity contribution is 7.89. The van der Waals surface area contributed by atoms with Gasteiger partial charge in [0, 0.05) is 25.9 Å². The summed E-state index contributed by atoms with van der Waals surface area (Å²) in [5.41, 5.74) is 2.30. The molecule has 0 spiro atoms. The van der Waals surface area contributed by atoms with Gasteiger partial charge in [-0.15, -0.1) is 0 Å². The third-order valence-electron chi connectivity index (χ3n) is 2.59. The number of aromatic nitrogens is 1. The van der Waals surface area contributed by atoms with Crippen LogP contribution in [0, 0.1) is 0 Å². The molecule has 1 heterocycles. The number of hydrazine groups is 1. The van der Waals surface area contributed by atoms with E-state index < -0.39 is 10.0 Å². The van der Waals surface area contributed by atoms with Crippen LogP contribution in [0.2, 0.25) is 0 Å². The second-order valence-electron chi connectivity index (χ2n) is 4.20. The maximum Gasteiger partial charge on any atom is 0.247 e. The maximum absolute atomic E-state index is 12.6. The van der Waals surface area contributed by atoms with E-state index in [2.05, 4.69) is 10.4 Å². The van der Waals surface area contributed by atoms with Crippen molar-refractivity contribution in [1.82, 2.24) is 9.29 Å². The SMILES string of the molecule is COCCN(C(C)C)S(=O)(=O)c1cccnc1NN. The molecule has 0 radical (unpaired) electrons. The molecule has 0 unspecified atom stereocenters. The fraction of sp³-hybridized carbons (Fsp3) is 0.545. The quantitative estimate of drug-likeness (QED) is 0.557. The zero-order valence-electron chi connectivity index (χ0n) is 11.3. The highest BCUT2D eigenvalue weighted by Crippen LogP contribution is 2.23. The minimum atomic E-state index is -3.67. The molecule has 0 aromatic carbocycles. The molecule has 0 bridgehead atoms. The van der Waals surface area contributed by atoms with Crippen molar-refractivity contribution in [1.29, 1.82) is 0 Å². The Hall–Kier alpha value is -1.22. The highest BCUT2D eigenvalue weighted by Gasteiger charge is 2.29. The minimum Gasteiger partial charge on any atom is -0.383 e. The first-order valence-electron chi connectivity index (χ1n) is 5.87. The van der Waals surface area contributed by atoms with Gasteiger partial charge in [-0.05, 0) is 26.0 Å². The smallest absolute Gasteiger partial charge is 0.247 e. The summed E-state index contributed by atoms with van der Waals surface area (Å²) in [6, 6.07) is 2.84. The number of ether oxygens (including phenoxy) is 1. The van der Waals surface area contributed by atoms with Crippen molar-refractivity contribution >= 4 is 15.8 Å². The van der Waals surface area contributed by atoms with E-state index in [4.69, 9.17) is 10.6 Å². The molecule has 3 N–H and O–H groups in total. The Kier molecular flexibility index (Phi) is 5.67. The number of hydrogen-bond donors (Lipinski definition) is 2. The van der Waals surface area contributed by atoms with E-state index in [0.29, 0.717) is 6.61 Å². The predicted molar refractivity (Wildman–Crippen MR) is 73.0 cm³/mol. The van der Waals surface area contributed by atoms with Gasteiger partial charge in [0.05, 0.1) is 6.61 Å². The summed E-state index contributed by atoms with van der Waals surface area (Å²) >= 11 is 0. The third kappa shape index (κ3) is 3.63. The van der Waals surface area contributed by atoms with Gasteiger partial charge in [-0.25, -0.2) is 19.2 Å². The van der Waals surface area contributed by atoms with E-state index in [1.807, 2.05) is 0 Å². The first-order valence-corrected chi connectivity index (χ1v) is 7.31. The lowest BCUT2D eigenvalue weighted by Crippen LogP contribution is -2.39. The zero-order valence-corrected chi connectivity index (χ0v) is 12.1. The van der Waals surface area contributed by atoms with Crippen LogP contribution < -0.4 is 11.3 Å². The van der Waals surface area contributed by atoms with Gasteiger partial charge in [0.2, 0.25) is 10.0 Å². The zero-order chi connectivity index (χ0) is 14.5. The fourth-order valence-corrected chi connectivity index (χ4v) is 3.40. The summed E-state index contributed by atoms with van der Waals surface area (Å²) in [6.07, 6.45) is 1.48. The van der Waals surface area contributed by atoms with Crippen LogP contribution in [0.4, 0.5) is 5.82 Å². The molecule has 1 aromatic rings. The molecule has 0 amide bonds. The first kappa shape index (κ1) is 15.8. The molecule has 0 aliphatic rings. The number of anilines is 1. The number of sulfonamides is 1. The summed E-state index contributed by atoms with van der Waals surface area (Å²) in [7, 11) is -2.14. The van der Waals surface area contributed by atoms with Gasteiger partial charge in [0.25, 0.3) is 0 Å². The summed E-state index contributed by atoms with van der Waals surface area (Å²) in [6.45, 7) is 4.21. The average molecular weight is 288 g/mol. The number of nitrogens with zero attached hydrogens (tertiary/aromatic N) is 2. The number of nitrogens with two attached hydrogens (primary N) is 1. The fourth-order valence-electron chi connectivity index (χ4n) is 1.67. The van der Waals surface area contributed by atoms with Crippen LogP contribution in [-0.4, -0.2) is 44.0 Å². The second-order valence-corrected chi connectivity index (χ2v) is 6.06. The monoisotopic (exact) mass is 288 g/mol. The Morgan fingerprint density at radius 3 is 2.74 bits per heavy atom. The van der Waals surface area contributed by atoms with E-state index in [9.17, 15) is 8.42 Å². The van der Waals surface area contributed by atoms with Crippen molar-refractivity contribution in [2.24, 2.45) is 5.84 Å². The molecule has 0 aliphatic carbocycles. The van der Waals surface area contributed by atoms with E-state index in [-0.39, 0.29) is 23.3 Å². The molecule has 0 aliphatic heterocycles. The third-order valence-corrected chi connectivity index (χ3v) is 4.69. The summed E-state index contributed by atoms with van der Waals surface area (Å²) < 4.78 is 31.5. The van der Waals surface area contributed by atoms with E-state index in [1.54, 1.807) is 19.9 Å². The second kappa shape index (κ2) is 6.80. The summed E-state index contributed by atoms with van der Waals surface area (Å²) in [5.74, 6) is 5.43. The van der Waals surface area contributed by atoms with Crippen molar-refractivity contribution in [2.75, 3.05) is 25.7 Å². The largest absolute Gasteiger partial charge is 0.383 e. The van der Waals surface area contributed by atoms with Crippen LogP contribution in [0.15, 0.2) is 23.2 Å². The van der Waals surface area contributed by atoms with E-state index in [0.717, 1.165) is 0 Å². The summed E-state index contributed by atoms with van der Waals surface area (Å²) in [4.78, 5) is 3.97. The predicted octanol–water partition coefficient (Wildman–Crippen LogP) is 0.413. The van der Waals surface area contributed by atoms with Crippen LogP contribution in [0.5, 0.6) is 0 Å². The minimum absolute atomic E-state index is 0.0577. The van der Waals surface area contributed by atoms with Gasteiger partial charge < -0.3 is 10.2 Å². The van der Waals surface area contributed by atoms with Crippen molar-refractivity contribution in [3.8, 4) is 0 Å². The number of nitrogen functional groups attached to an aromatic ring is 1. The lowest BCUT2D eigenvalue weighted by molar-refractivity contribution is 0.171. The molecule has 0 atom stereocenters. The average Bonchev–Trinajstić information content (AvgIpc) is 2.38. The Bertz CT molecular complexity index is 504. The maximum atomic E-state index is 12.6. The molecule has 1 rings (SSSR count). The molecular formula is C11H20N4O3S. The van der Waals surface area contributed by atoms with Crippen LogP contribution in [0.3, 0.4) is 0 Å². The van der Waals surface area contributed by atoms with Gasteiger partial charge >= 0.3 is 0 Å². The van der Waals surface area contributed by atoms with Crippen molar-refractivity contribution in [2.45, 2.75) is 24.8 Å². The first-order chi connectivity index (χ1) is 8.95. The van der Waals surface area contributed by atoms with Crippen LogP contribution in [0.25, 0.3) is 0 Å². The lowest BCUT2D eigenvalue weighted by atomic mass is 10.4. The topological polar surface area (TPSA) is 97.5 Å². The number of hydrogen-bond acceptors (Lipinski definition) is 6. The van der Waals surface area contributed by atoms with Gasteiger partial charge in [0.1, 0.15) is 4.90 Å². The standard InChI is InChI=1S/C11H20N4O3S/c1-9(2)15(7-8-18-3)19(16,17)10-5-4-6-13-11(10)14-12/h4-6,9H,7-8,12H2,1-3H3,(H,13,14). The van der Waals surface area contributed by atoms with Crippen molar-refractivity contribution < 1.29 is 13.2 Å². The lowest BCUT2D eigenvalue weighted by Gasteiger charge is -2.26. The Labute approximate surface area is 113 Å². The van der Waals surface area contributed by atoms with Gasteiger partial charge in [0.15, 0.2) is 5.82 Å². The Morgan fingerprint density at radius 1 is 1.53 bits per heavy atom. The van der Waals surface area contributed by atoms with E-state index in [1.165, 1.54) is 23.7 Å². The molecule has 108 valence electrons. The van der Waals surface area contributed by atoms with Crippen molar-refractivity contribution in [3.05, 3.63) is 18.3 Å². The molecule has 8 heteroatoms. The Balaban J connectivity index is 3.19. The van der Waals surface area contributed by atoms with Gasteiger partial charge in [-0.1, -0.05) is 0 Å². The molecule has 0 saturated carbocycles. The number of rotatable bonds is 7. The summed E-state index contributed by atoms with van der Waals surface area (Å²) in [5, 5.41) is 0. The van der Waals surface area contributed by atoms with Crippen LogP contribution in [-0.2, 0) is 14.8 Å². The van der Waals surface area contributed by atoms with Crippen molar-refractivity contribution in [3.63, 3.8) is 0 Å². The van der Waals surface area contributed by atoms with Crippen LogP contribution in [0.1, 0.15) is 13.8 Å². The number of methoxy groups -OCH3 is 1. The molecule has 0 fully saturated rings. The molecule has 0 saturated heterocycles. The highest BCUT2D eigenvalue weighted by atomic mass is 32.2. The van der Waals surface area contributed by atoms with Crippen LogP contribution >= 0.6 is 0 Å². The molecule has 19 heavy (non-hydrogen) atoms. The molecular weight excluding hydrogens is 268 g/mol. The molecule has 1 aromatic heterocycles. The van der Waals surface area contributed by atoms with Gasteiger partial charge in [-0.2, -0.15) is 4.31 Å². The van der Waals surface area contributed by atoms with Gasteiger partial charge in [-0.3, -0.25) is 0 Å². The van der Waals surface area contributed by atoms with E-state index >= 15 is 0 Å². The normalized spacial score (nSPS) is 12.1. The number of pyridine rings is 1.